The number of ketones is 2. The third-order valence-corrected chi connectivity index (χ3v) is 0.824. The molecule has 0 aromatic heterocycles. The molecule has 0 aliphatic rings. The van der Waals surface area contributed by atoms with Gasteiger partial charge in [0, 0.05) is 12.2 Å². The van der Waals surface area contributed by atoms with Gasteiger partial charge in [-0.25, -0.2) is 0 Å². The second-order valence-corrected chi connectivity index (χ2v) is 2.79. The van der Waals surface area contributed by atoms with Gasteiger partial charge >= 0.3 is 19.5 Å². The van der Waals surface area contributed by atoms with Crippen LogP contribution in [0.1, 0.15) is 27.7 Å². The van der Waals surface area contributed by atoms with Crippen molar-refractivity contribution in [1.82, 2.24) is 0 Å². The van der Waals surface area contributed by atoms with Gasteiger partial charge in [-0.05, 0) is 27.7 Å². The minimum atomic E-state index is -0.125. The van der Waals surface area contributed by atoms with E-state index >= 15 is 0 Å². The predicted octanol–water partition coefficient (Wildman–Crippen LogP) is 1.52. The van der Waals surface area contributed by atoms with Crippen molar-refractivity contribution in [1.29, 1.82) is 0 Å². The Kier molecular flexibility index (Phi) is 40.5. The SMILES string of the molecule is CC(=O)/C=C(/C)O.CC(=O)/C=C(/C)O.[CH-]=O.[CH-]=O.[Ru+2]. The number of hydrogen-bond acceptors (Lipinski definition) is 6. The Morgan fingerprint density at radius 2 is 0.895 bits per heavy atom. The topological polar surface area (TPSA) is 109 Å². The van der Waals surface area contributed by atoms with E-state index in [4.69, 9.17) is 19.8 Å². The van der Waals surface area contributed by atoms with Crippen LogP contribution in [0.4, 0.5) is 0 Å². The van der Waals surface area contributed by atoms with Crippen molar-refractivity contribution < 1.29 is 48.9 Å². The molecule has 6 nitrogen and oxygen atoms in total. The summed E-state index contributed by atoms with van der Waals surface area (Å²) >= 11 is 0. The van der Waals surface area contributed by atoms with Crippen LogP contribution in [0.15, 0.2) is 23.7 Å². The summed E-state index contributed by atoms with van der Waals surface area (Å²) in [5.74, 6) is -0.125. The summed E-state index contributed by atoms with van der Waals surface area (Å²) in [4.78, 5) is 35.5. The number of carbonyl (C=O) groups is 2. The fourth-order valence-electron chi connectivity index (χ4n) is 0.588. The van der Waals surface area contributed by atoms with E-state index < -0.39 is 0 Å². The maximum absolute atomic E-state index is 10.0. The third kappa shape index (κ3) is 83.2. The summed E-state index contributed by atoms with van der Waals surface area (Å²) in [6.45, 7) is 12.2. The zero-order chi connectivity index (χ0) is 15.7. The van der Waals surface area contributed by atoms with Gasteiger partial charge in [0.2, 0.25) is 0 Å². The van der Waals surface area contributed by atoms with E-state index in [1.165, 1.54) is 39.8 Å². The molecule has 0 rings (SSSR count). The fraction of sp³-hybridized carbons (Fsp3) is 0.333. The van der Waals surface area contributed by atoms with E-state index in [9.17, 15) is 9.59 Å². The number of rotatable bonds is 2. The largest absolute Gasteiger partial charge is 2.00 e. The molecule has 0 aromatic carbocycles. The molecule has 110 valence electrons. The number of carbonyl (C=O) groups excluding carboxylic acids is 4. The van der Waals surface area contributed by atoms with Crippen molar-refractivity contribution in [3.63, 3.8) is 0 Å². The van der Waals surface area contributed by atoms with E-state index in [-0.39, 0.29) is 42.6 Å². The molecule has 0 fully saturated rings. The maximum Gasteiger partial charge on any atom is 2.00 e. The standard InChI is InChI=1S/2C5H8O2.2CHO.Ru/c2*1-4(6)3-5(2)7;2*1-2;/h2*3,6H,1-2H3;2*1H;/q;;2*-1;+2/b2*4-3-;;;. The molecule has 0 unspecified atom stereocenters. The van der Waals surface area contributed by atoms with Crippen LogP contribution in [-0.2, 0) is 38.7 Å². The van der Waals surface area contributed by atoms with E-state index in [1.807, 2.05) is 0 Å². The summed E-state index contributed by atoms with van der Waals surface area (Å²) in [5, 5.41) is 16.7. The van der Waals surface area contributed by atoms with Crippen molar-refractivity contribution in [2.24, 2.45) is 0 Å². The average Bonchev–Trinajstić information content (AvgIpc) is 2.20. The van der Waals surface area contributed by atoms with Crippen LogP contribution in [0, 0.1) is 0 Å². The van der Waals surface area contributed by atoms with Crippen molar-refractivity contribution in [2.45, 2.75) is 27.7 Å². The van der Waals surface area contributed by atoms with Crippen LogP contribution in [-0.4, -0.2) is 35.4 Å². The van der Waals surface area contributed by atoms with Gasteiger partial charge in [-0.1, -0.05) is 0 Å². The van der Waals surface area contributed by atoms with Crippen molar-refractivity contribution >= 4 is 25.1 Å². The first-order chi connectivity index (χ1) is 8.25. The van der Waals surface area contributed by atoms with Gasteiger partial charge in [0.1, 0.15) is 0 Å². The summed E-state index contributed by atoms with van der Waals surface area (Å²) < 4.78 is 0. The quantitative estimate of drug-likeness (QED) is 0.254. The summed E-state index contributed by atoms with van der Waals surface area (Å²) in [6, 6.07) is 0. The monoisotopic (exact) mass is 360 g/mol. The molecule has 7 heteroatoms. The molecule has 0 saturated heterocycles. The number of aliphatic hydroxyl groups excluding tert-OH is 2. The zero-order valence-electron chi connectivity index (χ0n) is 11.2. The molecule has 0 heterocycles. The summed E-state index contributed by atoms with van der Waals surface area (Å²) in [5.41, 5.74) is 0. The van der Waals surface area contributed by atoms with Crippen LogP contribution in [0.2, 0.25) is 0 Å². The molecule has 19 heavy (non-hydrogen) atoms. The molecular weight excluding hydrogens is 341 g/mol. The summed E-state index contributed by atoms with van der Waals surface area (Å²) in [7, 11) is 0. The smallest absolute Gasteiger partial charge is 0.545 e. The van der Waals surface area contributed by atoms with Gasteiger partial charge < -0.3 is 19.8 Å². The summed E-state index contributed by atoms with van der Waals surface area (Å²) in [6.07, 6.45) is 2.33. The van der Waals surface area contributed by atoms with Gasteiger partial charge in [0.05, 0.1) is 11.5 Å². The Labute approximate surface area is 126 Å². The Morgan fingerprint density at radius 3 is 0.895 bits per heavy atom. The van der Waals surface area contributed by atoms with E-state index in [2.05, 4.69) is 13.6 Å². The Hall–Kier alpha value is -1.62. The zero-order valence-corrected chi connectivity index (χ0v) is 12.9. The van der Waals surface area contributed by atoms with Crippen LogP contribution in [0.5, 0.6) is 0 Å². The van der Waals surface area contributed by atoms with E-state index in [0.29, 0.717) is 0 Å². The van der Waals surface area contributed by atoms with Crippen molar-refractivity contribution in [3.05, 3.63) is 23.7 Å². The molecule has 0 amide bonds. The third-order valence-electron chi connectivity index (χ3n) is 0.824. The maximum atomic E-state index is 10.0. The molecule has 0 aliphatic heterocycles. The molecule has 0 aromatic rings. The molecular formula is C12H18O6Ru. The Bertz CT molecular complexity index is 259. The van der Waals surface area contributed by atoms with Crippen LogP contribution in [0.25, 0.3) is 0 Å². The van der Waals surface area contributed by atoms with Gasteiger partial charge in [-0.15, -0.1) is 0 Å². The molecule has 0 spiro atoms. The van der Waals surface area contributed by atoms with Gasteiger partial charge in [0.15, 0.2) is 11.6 Å². The minimum absolute atomic E-state index is 0. The van der Waals surface area contributed by atoms with E-state index in [1.54, 1.807) is 0 Å². The van der Waals surface area contributed by atoms with E-state index in [0.717, 1.165) is 0 Å². The second kappa shape index (κ2) is 25.3. The van der Waals surface area contributed by atoms with Crippen molar-refractivity contribution in [2.75, 3.05) is 0 Å². The molecule has 0 atom stereocenters. The molecule has 2 N–H and O–H groups in total. The predicted molar refractivity (Wildman–Crippen MR) is 67.6 cm³/mol. The van der Waals surface area contributed by atoms with Crippen LogP contribution >= 0.6 is 0 Å². The first-order valence-corrected chi connectivity index (χ1v) is 4.48. The van der Waals surface area contributed by atoms with Crippen LogP contribution in [0.3, 0.4) is 0 Å². The van der Waals surface area contributed by atoms with Crippen molar-refractivity contribution in [3.8, 4) is 0 Å². The molecule has 0 aliphatic carbocycles. The number of aliphatic hydroxyl groups is 2. The van der Waals surface area contributed by atoms with Gasteiger partial charge in [0.25, 0.3) is 0 Å². The first kappa shape index (κ1) is 30.4. The first-order valence-electron chi connectivity index (χ1n) is 4.48. The van der Waals surface area contributed by atoms with Gasteiger partial charge in [-0.2, -0.15) is 0 Å². The van der Waals surface area contributed by atoms with Crippen LogP contribution < -0.4 is 0 Å². The van der Waals surface area contributed by atoms with Gasteiger partial charge in [-0.3, -0.25) is 23.2 Å². The average molecular weight is 359 g/mol. The second-order valence-electron chi connectivity index (χ2n) is 2.79. The fourth-order valence-corrected chi connectivity index (χ4v) is 0.588. The number of hydrogen-bond donors (Lipinski definition) is 2. The minimum Gasteiger partial charge on any atom is -0.545 e. The molecule has 0 saturated carbocycles. The molecule has 0 bridgehead atoms. The Morgan fingerprint density at radius 1 is 0.737 bits per heavy atom. The normalized spacial score (nSPS) is 8.84. The molecule has 0 radical (unpaired) electrons. The number of allylic oxidation sites excluding steroid dienone is 4. The Balaban J connectivity index is -0.0000000522.